The van der Waals surface area contributed by atoms with Crippen LogP contribution < -0.4 is 10.6 Å². The summed E-state index contributed by atoms with van der Waals surface area (Å²) in [4.78, 5) is 15.6. The summed E-state index contributed by atoms with van der Waals surface area (Å²) < 4.78 is 4.86. The molecule has 1 heterocycles. The molecule has 98 valence electrons. The van der Waals surface area contributed by atoms with Gasteiger partial charge in [-0.2, -0.15) is 0 Å². The minimum absolute atomic E-state index is 0.335. The quantitative estimate of drug-likeness (QED) is 0.881. The summed E-state index contributed by atoms with van der Waals surface area (Å²) in [6.07, 6.45) is 1.22. The number of nitrogens with one attached hydrogen (secondary N) is 2. The van der Waals surface area contributed by atoms with Gasteiger partial charge in [-0.3, -0.25) is 5.32 Å². The molecule has 1 aromatic heterocycles. The Balaban J connectivity index is 2.14. The van der Waals surface area contributed by atoms with Gasteiger partial charge in [-0.05, 0) is 31.2 Å². The summed E-state index contributed by atoms with van der Waals surface area (Å²) in [6, 6.07) is 12.9. The van der Waals surface area contributed by atoms with Gasteiger partial charge in [0, 0.05) is 6.20 Å². The number of anilines is 3. The zero-order valence-electron chi connectivity index (χ0n) is 10.6. The lowest BCUT2D eigenvalue weighted by molar-refractivity contribution is 0.168. The van der Waals surface area contributed by atoms with Crippen LogP contribution in [0.3, 0.4) is 0 Å². The van der Waals surface area contributed by atoms with E-state index in [1.165, 1.54) is 0 Å². The van der Waals surface area contributed by atoms with E-state index in [-0.39, 0.29) is 0 Å². The fourth-order valence-electron chi connectivity index (χ4n) is 1.55. The maximum Gasteiger partial charge on any atom is 0.411 e. The monoisotopic (exact) mass is 257 g/mol. The number of nitrogens with zero attached hydrogens (tertiary/aromatic N) is 1. The number of carbonyl (C=O) groups excluding carboxylic acids is 1. The number of pyridine rings is 1. The van der Waals surface area contributed by atoms with Gasteiger partial charge in [-0.15, -0.1) is 0 Å². The summed E-state index contributed by atoms with van der Waals surface area (Å²) in [5.41, 5.74) is 1.40. The molecule has 0 aliphatic carbocycles. The molecule has 19 heavy (non-hydrogen) atoms. The Hall–Kier alpha value is -2.56. The third-order valence-corrected chi connectivity index (χ3v) is 2.37. The van der Waals surface area contributed by atoms with Crippen LogP contribution >= 0.6 is 0 Å². The van der Waals surface area contributed by atoms with Crippen molar-refractivity contribution in [2.45, 2.75) is 6.92 Å². The van der Waals surface area contributed by atoms with Crippen LogP contribution in [0.25, 0.3) is 0 Å². The van der Waals surface area contributed by atoms with Crippen molar-refractivity contribution in [1.29, 1.82) is 0 Å². The lowest BCUT2D eigenvalue weighted by atomic mass is 10.2. The lowest BCUT2D eigenvalue weighted by Crippen LogP contribution is -2.14. The molecule has 2 N–H and O–H groups in total. The molecular weight excluding hydrogens is 242 g/mol. The summed E-state index contributed by atoms with van der Waals surface area (Å²) in [6.45, 7) is 2.10. The fraction of sp³-hybridized carbons (Fsp3) is 0.143. The number of rotatable bonds is 4. The standard InChI is InChI=1S/C14H15N3O2/c1-2-19-14(18)17-12-8-4-3-7-11(12)16-13-9-5-6-10-15-13/h3-10H,2H2,1H3,(H,15,16)(H,17,18). The van der Waals surface area contributed by atoms with Crippen molar-refractivity contribution in [3.63, 3.8) is 0 Å². The molecule has 0 fully saturated rings. The highest BCUT2D eigenvalue weighted by molar-refractivity contribution is 5.90. The topological polar surface area (TPSA) is 63.2 Å². The third-order valence-electron chi connectivity index (χ3n) is 2.37. The molecule has 0 unspecified atom stereocenters. The van der Waals surface area contributed by atoms with Gasteiger partial charge in [0.05, 0.1) is 18.0 Å². The molecule has 0 spiro atoms. The smallest absolute Gasteiger partial charge is 0.411 e. The Kier molecular flexibility index (Phi) is 4.34. The van der Waals surface area contributed by atoms with Crippen molar-refractivity contribution in [1.82, 2.24) is 4.98 Å². The SMILES string of the molecule is CCOC(=O)Nc1ccccc1Nc1ccccn1. The van der Waals surface area contributed by atoms with E-state index in [9.17, 15) is 4.79 Å². The van der Waals surface area contributed by atoms with Crippen LogP contribution in [0, 0.1) is 0 Å². The Morgan fingerprint density at radius 2 is 1.89 bits per heavy atom. The van der Waals surface area contributed by atoms with Crippen LogP contribution in [0.1, 0.15) is 6.92 Å². The van der Waals surface area contributed by atoms with Gasteiger partial charge in [-0.25, -0.2) is 9.78 Å². The number of aromatic nitrogens is 1. The van der Waals surface area contributed by atoms with Crippen molar-refractivity contribution >= 4 is 23.3 Å². The average molecular weight is 257 g/mol. The number of para-hydroxylation sites is 2. The summed E-state index contributed by atoms with van der Waals surface area (Å²) >= 11 is 0. The number of hydrogen-bond acceptors (Lipinski definition) is 4. The van der Waals surface area contributed by atoms with Gasteiger partial charge < -0.3 is 10.1 Å². The van der Waals surface area contributed by atoms with Gasteiger partial charge in [0.25, 0.3) is 0 Å². The van der Waals surface area contributed by atoms with Crippen molar-refractivity contribution in [3.8, 4) is 0 Å². The van der Waals surface area contributed by atoms with Crippen LogP contribution in [0.4, 0.5) is 22.0 Å². The molecule has 0 saturated carbocycles. The van der Waals surface area contributed by atoms with Crippen LogP contribution in [0.15, 0.2) is 48.7 Å². The van der Waals surface area contributed by atoms with Crippen molar-refractivity contribution in [2.75, 3.05) is 17.2 Å². The fourth-order valence-corrected chi connectivity index (χ4v) is 1.55. The Labute approximate surface area is 111 Å². The van der Waals surface area contributed by atoms with E-state index in [0.717, 1.165) is 5.69 Å². The molecule has 1 amide bonds. The molecule has 2 aromatic rings. The van der Waals surface area contributed by atoms with Crippen molar-refractivity contribution in [2.24, 2.45) is 0 Å². The summed E-state index contributed by atoms with van der Waals surface area (Å²) in [7, 11) is 0. The number of benzene rings is 1. The van der Waals surface area contributed by atoms with Crippen LogP contribution in [-0.2, 0) is 4.74 Å². The van der Waals surface area contributed by atoms with E-state index in [1.54, 1.807) is 19.2 Å². The third kappa shape index (κ3) is 3.70. The molecule has 2 rings (SSSR count). The first-order valence-electron chi connectivity index (χ1n) is 6.00. The average Bonchev–Trinajstić information content (AvgIpc) is 2.42. The second-order valence-electron chi connectivity index (χ2n) is 3.73. The summed E-state index contributed by atoms with van der Waals surface area (Å²) in [5.74, 6) is 0.709. The van der Waals surface area contributed by atoms with Gasteiger partial charge in [-0.1, -0.05) is 18.2 Å². The highest BCUT2D eigenvalue weighted by Gasteiger charge is 2.06. The van der Waals surface area contributed by atoms with Crippen molar-refractivity contribution < 1.29 is 9.53 Å². The molecule has 0 atom stereocenters. The van der Waals surface area contributed by atoms with Crippen LogP contribution in [0.5, 0.6) is 0 Å². The lowest BCUT2D eigenvalue weighted by Gasteiger charge is -2.12. The number of hydrogen-bond donors (Lipinski definition) is 2. The molecule has 5 nitrogen and oxygen atoms in total. The predicted molar refractivity (Wildman–Crippen MR) is 74.6 cm³/mol. The predicted octanol–water partition coefficient (Wildman–Crippen LogP) is 3.39. The molecule has 0 aliphatic heterocycles. The van der Waals surface area contributed by atoms with E-state index in [0.29, 0.717) is 18.1 Å². The number of ether oxygens (including phenoxy) is 1. The van der Waals surface area contributed by atoms with E-state index < -0.39 is 6.09 Å². The van der Waals surface area contributed by atoms with Gasteiger partial charge in [0.15, 0.2) is 0 Å². The first-order valence-corrected chi connectivity index (χ1v) is 6.00. The summed E-state index contributed by atoms with van der Waals surface area (Å²) in [5, 5.41) is 5.82. The second-order valence-corrected chi connectivity index (χ2v) is 3.73. The van der Waals surface area contributed by atoms with E-state index in [2.05, 4.69) is 15.6 Å². The van der Waals surface area contributed by atoms with E-state index in [1.807, 2.05) is 36.4 Å². The molecular formula is C14H15N3O2. The highest BCUT2D eigenvalue weighted by atomic mass is 16.5. The molecule has 0 saturated heterocycles. The molecule has 5 heteroatoms. The zero-order chi connectivity index (χ0) is 13.5. The zero-order valence-corrected chi connectivity index (χ0v) is 10.6. The maximum absolute atomic E-state index is 11.4. The maximum atomic E-state index is 11.4. The molecule has 0 aliphatic rings. The van der Waals surface area contributed by atoms with Gasteiger partial charge >= 0.3 is 6.09 Å². The number of amides is 1. The van der Waals surface area contributed by atoms with E-state index in [4.69, 9.17) is 4.74 Å². The minimum atomic E-state index is -0.474. The van der Waals surface area contributed by atoms with E-state index >= 15 is 0 Å². The van der Waals surface area contributed by atoms with Crippen LogP contribution in [-0.4, -0.2) is 17.7 Å². The molecule has 0 radical (unpaired) electrons. The van der Waals surface area contributed by atoms with Gasteiger partial charge in [0.2, 0.25) is 0 Å². The Bertz CT molecular complexity index is 543. The highest BCUT2D eigenvalue weighted by Crippen LogP contribution is 2.24. The van der Waals surface area contributed by atoms with Gasteiger partial charge in [0.1, 0.15) is 5.82 Å². The molecule has 0 bridgehead atoms. The first-order chi connectivity index (χ1) is 9.29. The van der Waals surface area contributed by atoms with Crippen LogP contribution in [0.2, 0.25) is 0 Å². The minimum Gasteiger partial charge on any atom is -0.450 e. The first kappa shape index (κ1) is 12.9. The Morgan fingerprint density at radius 3 is 2.58 bits per heavy atom. The second kappa shape index (κ2) is 6.39. The number of carbonyl (C=O) groups is 1. The van der Waals surface area contributed by atoms with Crippen molar-refractivity contribution in [3.05, 3.63) is 48.7 Å². The molecule has 1 aromatic carbocycles. The Morgan fingerprint density at radius 1 is 1.16 bits per heavy atom. The largest absolute Gasteiger partial charge is 0.450 e. The normalized spacial score (nSPS) is 9.74.